The summed E-state index contributed by atoms with van der Waals surface area (Å²) in [6.45, 7) is 6.03. The maximum atomic E-state index is 13.7. The Morgan fingerprint density at radius 3 is 2.46 bits per heavy atom. The van der Waals surface area contributed by atoms with Gasteiger partial charge in [-0.3, -0.25) is 13.9 Å². The van der Waals surface area contributed by atoms with Crippen LogP contribution in [0.4, 0.5) is 4.39 Å². The van der Waals surface area contributed by atoms with E-state index in [0.29, 0.717) is 23.6 Å². The highest BCUT2D eigenvalue weighted by Crippen LogP contribution is 2.30. The fourth-order valence-electron chi connectivity index (χ4n) is 4.64. The molecule has 1 N–H and O–H groups in total. The first-order valence-electron chi connectivity index (χ1n) is 12.2. The lowest BCUT2D eigenvalue weighted by Crippen LogP contribution is -2.44. The van der Waals surface area contributed by atoms with Crippen LogP contribution in [0.3, 0.4) is 0 Å². The molecule has 1 aliphatic rings. The van der Waals surface area contributed by atoms with Gasteiger partial charge in [0.05, 0.1) is 23.6 Å². The van der Waals surface area contributed by atoms with E-state index in [-0.39, 0.29) is 11.3 Å². The van der Waals surface area contributed by atoms with Crippen LogP contribution in [0.2, 0.25) is 0 Å². The van der Waals surface area contributed by atoms with Crippen molar-refractivity contribution in [2.24, 2.45) is 11.1 Å². The van der Waals surface area contributed by atoms with E-state index in [0.717, 1.165) is 34.4 Å². The SMILES string of the molecule is Cc1cn(-c2ccc(/C(=N/O)c3cn(CC4CC4)c(=O)n(C(C)c4ccc(F)cc4)c3=O)cc2C)cn1. The van der Waals surface area contributed by atoms with Gasteiger partial charge in [-0.15, -0.1) is 0 Å². The monoisotopic (exact) mass is 501 g/mol. The molecular formula is C28H28FN5O3. The van der Waals surface area contributed by atoms with Gasteiger partial charge in [-0.05, 0) is 74.9 Å². The van der Waals surface area contributed by atoms with Crippen LogP contribution in [0.1, 0.15) is 53.8 Å². The van der Waals surface area contributed by atoms with Crippen molar-refractivity contribution >= 4 is 5.71 Å². The summed E-state index contributed by atoms with van der Waals surface area (Å²) in [5.74, 6) is -0.0325. The molecule has 0 amide bonds. The molecule has 2 aromatic carbocycles. The Hall–Kier alpha value is -4.27. The van der Waals surface area contributed by atoms with Gasteiger partial charge in [0.2, 0.25) is 0 Å². The Morgan fingerprint density at radius 1 is 1.14 bits per heavy atom. The summed E-state index contributed by atoms with van der Waals surface area (Å²) < 4.78 is 18.1. The minimum atomic E-state index is -0.653. The number of hydrogen-bond acceptors (Lipinski definition) is 5. The number of imidazole rings is 1. The van der Waals surface area contributed by atoms with E-state index < -0.39 is 23.1 Å². The molecule has 9 heteroatoms. The van der Waals surface area contributed by atoms with Crippen LogP contribution in [0, 0.1) is 25.6 Å². The summed E-state index contributed by atoms with van der Waals surface area (Å²) in [5, 5.41) is 13.6. The van der Waals surface area contributed by atoms with Crippen LogP contribution in [0.5, 0.6) is 0 Å². The molecular weight excluding hydrogens is 473 g/mol. The number of hydrogen-bond donors (Lipinski definition) is 1. The Labute approximate surface area is 213 Å². The lowest BCUT2D eigenvalue weighted by atomic mass is 10.0. The van der Waals surface area contributed by atoms with Gasteiger partial charge in [0.15, 0.2) is 0 Å². The van der Waals surface area contributed by atoms with Crippen LogP contribution >= 0.6 is 0 Å². The van der Waals surface area contributed by atoms with E-state index >= 15 is 0 Å². The molecule has 1 saturated carbocycles. The van der Waals surface area contributed by atoms with E-state index in [4.69, 9.17) is 0 Å². The van der Waals surface area contributed by atoms with E-state index in [2.05, 4.69) is 10.1 Å². The van der Waals surface area contributed by atoms with Crippen LogP contribution in [-0.2, 0) is 6.54 Å². The second kappa shape index (κ2) is 9.65. The second-order valence-electron chi connectivity index (χ2n) is 9.70. The minimum absolute atomic E-state index is 0.0751. The summed E-state index contributed by atoms with van der Waals surface area (Å²) >= 11 is 0. The molecule has 37 heavy (non-hydrogen) atoms. The molecule has 2 aromatic heterocycles. The highest BCUT2D eigenvalue weighted by molar-refractivity contribution is 6.12. The first kappa shape index (κ1) is 24.4. The van der Waals surface area contributed by atoms with Gasteiger partial charge in [-0.1, -0.05) is 23.4 Å². The highest BCUT2D eigenvalue weighted by Gasteiger charge is 2.26. The van der Waals surface area contributed by atoms with Crippen LogP contribution in [0.25, 0.3) is 5.69 Å². The lowest BCUT2D eigenvalue weighted by molar-refractivity contribution is 0.319. The molecule has 1 fully saturated rings. The van der Waals surface area contributed by atoms with Crippen LogP contribution in [0.15, 0.2) is 75.9 Å². The second-order valence-corrected chi connectivity index (χ2v) is 9.70. The molecule has 1 atom stereocenters. The average Bonchev–Trinajstić information content (AvgIpc) is 3.60. The van der Waals surface area contributed by atoms with E-state index in [9.17, 15) is 19.2 Å². The Balaban J connectivity index is 1.63. The van der Waals surface area contributed by atoms with Gasteiger partial charge in [0, 0.05) is 30.2 Å². The Kier molecular flexibility index (Phi) is 6.37. The van der Waals surface area contributed by atoms with Crippen molar-refractivity contribution in [3.63, 3.8) is 0 Å². The summed E-state index contributed by atoms with van der Waals surface area (Å²) in [6, 6.07) is 10.6. The Morgan fingerprint density at radius 2 is 1.86 bits per heavy atom. The quantitative estimate of drug-likeness (QED) is 0.233. The van der Waals surface area contributed by atoms with Crippen molar-refractivity contribution in [1.82, 2.24) is 18.7 Å². The molecule has 0 bridgehead atoms. The minimum Gasteiger partial charge on any atom is -0.410 e. The first-order chi connectivity index (χ1) is 17.8. The number of benzene rings is 2. The fourth-order valence-corrected chi connectivity index (χ4v) is 4.64. The molecule has 1 unspecified atom stereocenters. The maximum absolute atomic E-state index is 13.7. The zero-order chi connectivity index (χ0) is 26.3. The van der Waals surface area contributed by atoms with Crippen molar-refractivity contribution in [2.75, 3.05) is 0 Å². The Bertz CT molecular complexity index is 1610. The zero-order valence-corrected chi connectivity index (χ0v) is 20.9. The third-order valence-corrected chi connectivity index (χ3v) is 6.89. The van der Waals surface area contributed by atoms with E-state index in [1.807, 2.05) is 36.7 Å². The van der Waals surface area contributed by atoms with Gasteiger partial charge in [-0.2, -0.15) is 0 Å². The van der Waals surface area contributed by atoms with Crippen LogP contribution < -0.4 is 11.2 Å². The largest absolute Gasteiger partial charge is 0.410 e. The van der Waals surface area contributed by atoms with Crippen molar-refractivity contribution in [3.05, 3.63) is 116 Å². The van der Waals surface area contributed by atoms with Gasteiger partial charge in [-0.25, -0.2) is 14.2 Å². The molecule has 4 aromatic rings. The first-order valence-corrected chi connectivity index (χ1v) is 12.2. The number of nitrogens with zero attached hydrogens (tertiary/aromatic N) is 5. The van der Waals surface area contributed by atoms with Crippen LogP contribution in [-0.4, -0.2) is 29.6 Å². The zero-order valence-electron chi connectivity index (χ0n) is 20.9. The molecule has 5 rings (SSSR count). The average molecular weight is 502 g/mol. The standard InChI is InChI=1S/C28H28FN5O3/c1-17-12-22(8-11-25(17)33-13-18(2)30-16-33)26(31-37)24-15-32(14-20-4-5-20)28(36)34(27(24)35)19(3)21-6-9-23(29)10-7-21/h6-13,15-16,19-20,37H,4-5,14H2,1-3H3/b31-26-. The number of oxime groups is 1. The smallest absolute Gasteiger partial charge is 0.331 e. The van der Waals surface area contributed by atoms with Gasteiger partial charge < -0.3 is 9.77 Å². The third kappa shape index (κ3) is 4.76. The lowest BCUT2D eigenvalue weighted by Gasteiger charge is -2.19. The number of aromatic nitrogens is 4. The maximum Gasteiger partial charge on any atom is 0.331 e. The highest BCUT2D eigenvalue weighted by atomic mass is 19.1. The summed E-state index contributed by atoms with van der Waals surface area (Å²) in [7, 11) is 0. The normalized spacial score (nSPS) is 14.6. The molecule has 0 saturated heterocycles. The van der Waals surface area contributed by atoms with Gasteiger partial charge >= 0.3 is 5.69 Å². The molecule has 2 heterocycles. The molecule has 0 spiro atoms. The predicted octanol–water partition coefficient (Wildman–Crippen LogP) is 4.20. The molecule has 0 radical (unpaired) electrons. The number of halogens is 1. The van der Waals surface area contributed by atoms with E-state index in [1.165, 1.54) is 22.9 Å². The van der Waals surface area contributed by atoms with Gasteiger partial charge in [0.1, 0.15) is 11.5 Å². The molecule has 8 nitrogen and oxygen atoms in total. The summed E-state index contributed by atoms with van der Waals surface area (Å²) in [6.07, 6.45) is 7.16. The van der Waals surface area contributed by atoms with E-state index in [1.54, 1.807) is 31.5 Å². The van der Waals surface area contributed by atoms with Crippen molar-refractivity contribution in [1.29, 1.82) is 0 Å². The van der Waals surface area contributed by atoms with Crippen molar-refractivity contribution < 1.29 is 9.60 Å². The fraction of sp³-hybridized carbons (Fsp3) is 0.286. The third-order valence-electron chi connectivity index (χ3n) is 6.89. The predicted molar refractivity (Wildman–Crippen MR) is 138 cm³/mol. The topological polar surface area (TPSA) is 94.4 Å². The van der Waals surface area contributed by atoms with Crippen molar-refractivity contribution in [3.8, 4) is 5.69 Å². The summed E-state index contributed by atoms with van der Waals surface area (Å²) in [5.41, 5.74) is 3.00. The summed E-state index contributed by atoms with van der Waals surface area (Å²) in [4.78, 5) is 31.5. The van der Waals surface area contributed by atoms with Crippen molar-refractivity contribution in [2.45, 2.75) is 46.2 Å². The molecule has 0 aliphatic heterocycles. The van der Waals surface area contributed by atoms with Gasteiger partial charge in [0.25, 0.3) is 5.56 Å². The molecule has 1 aliphatic carbocycles. The number of aryl methyl sites for hydroxylation is 2. The number of rotatable bonds is 7. The molecule has 190 valence electrons.